The Balaban J connectivity index is 1.63. The van der Waals surface area contributed by atoms with Gasteiger partial charge in [-0.2, -0.15) is 5.10 Å². The number of piperidine rings is 1. The zero-order valence-corrected chi connectivity index (χ0v) is 13.9. The first-order chi connectivity index (χ1) is 11.5. The summed E-state index contributed by atoms with van der Waals surface area (Å²) >= 11 is 0. The third kappa shape index (κ3) is 3.06. The van der Waals surface area contributed by atoms with Crippen molar-refractivity contribution < 1.29 is 19.1 Å². The molecule has 0 spiro atoms. The minimum Gasteiger partial charge on any atom is -0.478 e. The molecule has 24 heavy (non-hydrogen) atoms. The van der Waals surface area contributed by atoms with Crippen molar-refractivity contribution >= 4 is 11.9 Å². The molecule has 1 N–H and O–H groups in total. The standard InChI is InChI=1S/C17H21N3O4/c1-3-14-11(2)8-15(24-14)16(21)19-6-4-13(5-7-19)20-10-12(9-18-20)17(22)23/h8-10,13H,3-7H2,1-2H3,(H,22,23). The van der Waals surface area contributed by atoms with Crippen LogP contribution in [-0.2, 0) is 6.42 Å². The number of likely N-dealkylation sites (tertiary alicyclic amines) is 1. The van der Waals surface area contributed by atoms with Gasteiger partial charge in [0.1, 0.15) is 5.76 Å². The van der Waals surface area contributed by atoms with Crippen LogP contribution in [0.1, 0.15) is 58.0 Å². The van der Waals surface area contributed by atoms with Gasteiger partial charge in [0.15, 0.2) is 5.76 Å². The lowest BCUT2D eigenvalue weighted by atomic mass is 10.0. The molecule has 0 unspecified atom stereocenters. The van der Waals surface area contributed by atoms with Gasteiger partial charge in [-0.05, 0) is 31.4 Å². The number of aromatic nitrogens is 2. The fraction of sp³-hybridized carbons (Fsp3) is 0.471. The maximum atomic E-state index is 12.5. The second-order valence-corrected chi connectivity index (χ2v) is 6.11. The third-order valence-electron chi connectivity index (χ3n) is 4.53. The number of carbonyl (C=O) groups is 2. The fourth-order valence-corrected chi connectivity index (χ4v) is 3.11. The van der Waals surface area contributed by atoms with Crippen LogP contribution >= 0.6 is 0 Å². The molecule has 0 saturated carbocycles. The Bertz CT molecular complexity index is 754. The molecule has 0 bridgehead atoms. The Morgan fingerprint density at radius 1 is 1.38 bits per heavy atom. The number of hydrogen-bond donors (Lipinski definition) is 1. The van der Waals surface area contributed by atoms with E-state index in [1.54, 1.807) is 21.8 Å². The van der Waals surface area contributed by atoms with Crippen LogP contribution in [0.15, 0.2) is 22.9 Å². The van der Waals surface area contributed by atoms with Crippen molar-refractivity contribution in [1.29, 1.82) is 0 Å². The Kier molecular flexibility index (Phi) is 4.42. The predicted octanol–water partition coefficient (Wildman–Crippen LogP) is 2.52. The molecular formula is C17H21N3O4. The number of amides is 1. The molecule has 0 radical (unpaired) electrons. The molecule has 1 amide bonds. The van der Waals surface area contributed by atoms with E-state index >= 15 is 0 Å². The summed E-state index contributed by atoms with van der Waals surface area (Å²) in [5, 5.41) is 13.1. The number of furan rings is 1. The van der Waals surface area contributed by atoms with E-state index in [1.807, 2.05) is 13.8 Å². The summed E-state index contributed by atoms with van der Waals surface area (Å²) in [7, 11) is 0. The number of nitrogens with zero attached hydrogens (tertiary/aromatic N) is 3. The van der Waals surface area contributed by atoms with E-state index in [1.165, 1.54) is 6.20 Å². The van der Waals surface area contributed by atoms with Crippen LogP contribution in [0, 0.1) is 6.92 Å². The largest absolute Gasteiger partial charge is 0.478 e. The van der Waals surface area contributed by atoms with E-state index in [0.29, 0.717) is 18.8 Å². The lowest BCUT2D eigenvalue weighted by molar-refractivity contribution is 0.0656. The summed E-state index contributed by atoms with van der Waals surface area (Å²) in [6.07, 6.45) is 5.16. The van der Waals surface area contributed by atoms with E-state index in [4.69, 9.17) is 9.52 Å². The molecule has 3 rings (SSSR count). The van der Waals surface area contributed by atoms with Gasteiger partial charge in [-0.15, -0.1) is 0 Å². The number of hydrogen-bond acceptors (Lipinski definition) is 4. The van der Waals surface area contributed by atoms with Gasteiger partial charge in [0.25, 0.3) is 5.91 Å². The average molecular weight is 331 g/mol. The van der Waals surface area contributed by atoms with E-state index in [9.17, 15) is 9.59 Å². The molecule has 0 aliphatic carbocycles. The minimum atomic E-state index is -0.978. The predicted molar refractivity (Wildman–Crippen MR) is 86.2 cm³/mol. The van der Waals surface area contributed by atoms with Gasteiger partial charge in [-0.1, -0.05) is 6.92 Å². The molecule has 1 saturated heterocycles. The zero-order chi connectivity index (χ0) is 17.3. The van der Waals surface area contributed by atoms with E-state index in [0.717, 1.165) is 30.6 Å². The van der Waals surface area contributed by atoms with Crippen LogP contribution in [0.2, 0.25) is 0 Å². The molecule has 2 aromatic heterocycles. The van der Waals surface area contributed by atoms with Crippen molar-refractivity contribution in [2.24, 2.45) is 0 Å². The van der Waals surface area contributed by atoms with Crippen molar-refractivity contribution in [2.45, 2.75) is 39.2 Å². The number of carbonyl (C=O) groups excluding carboxylic acids is 1. The Morgan fingerprint density at radius 2 is 2.08 bits per heavy atom. The number of aryl methyl sites for hydroxylation is 2. The monoisotopic (exact) mass is 331 g/mol. The Labute approximate surface area is 139 Å². The first kappa shape index (κ1) is 16.3. The van der Waals surface area contributed by atoms with E-state index in [2.05, 4.69) is 5.10 Å². The zero-order valence-electron chi connectivity index (χ0n) is 13.9. The van der Waals surface area contributed by atoms with Gasteiger partial charge in [-0.3, -0.25) is 9.48 Å². The summed E-state index contributed by atoms with van der Waals surface area (Å²) in [4.78, 5) is 25.3. The van der Waals surface area contributed by atoms with Crippen molar-refractivity contribution in [3.63, 3.8) is 0 Å². The third-order valence-corrected chi connectivity index (χ3v) is 4.53. The van der Waals surface area contributed by atoms with Crippen LogP contribution < -0.4 is 0 Å². The maximum Gasteiger partial charge on any atom is 0.338 e. The highest BCUT2D eigenvalue weighted by Crippen LogP contribution is 2.24. The molecular weight excluding hydrogens is 310 g/mol. The van der Waals surface area contributed by atoms with Crippen LogP contribution in [0.4, 0.5) is 0 Å². The topological polar surface area (TPSA) is 88.6 Å². The van der Waals surface area contributed by atoms with Crippen molar-refractivity contribution in [3.05, 3.63) is 41.1 Å². The summed E-state index contributed by atoms with van der Waals surface area (Å²) in [5.74, 6) is 0.192. The lowest BCUT2D eigenvalue weighted by Gasteiger charge is -2.31. The van der Waals surface area contributed by atoms with E-state index in [-0.39, 0.29) is 17.5 Å². The Hall–Kier alpha value is -2.57. The quantitative estimate of drug-likeness (QED) is 0.930. The molecule has 7 heteroatoms. The molecule has 7 nitrogen and oxygen atoms in total. The lowest BCUT2D eigenvalue weighted by Crippen LogP contribution is -2.39. The molecule has 0 aromatic carbocycles. The Morgan fingerprint density at radius 3 is 2.62 bits per heavy atom. The van der Waals surface area contributed by atoms with Gasteiger partial charge in [0, 0.05) is 25.7 Å². The highest BCUT2D eigenvalue weighted by molar-refractivity contribution is 5.92. The van der Waals surface area contributed by atoms with Gasteiger partial charge in [0.2, 0.25) is 0 Å². The van der Waals surface area contributed by atoms with Crippen LogP contribution in [-0.4, -0.2) is 44.8 Å². The smallest absolute Gasteiger partial charge is 0.338 e. The molecule has 3 heterocycles. The molecule has 1 aliphatic heterocycles. The average Bonchev–Trinajstić information content (AvgIpc) is 3.21. The van der Waals surface area contributed by atoms with E-state index < -0.39 is 5.97 Å². The van der Waals surface area contributed by atoms with Gasteiger partial charge in [0.05, 0.1) is 17.8 Å². The van der Waals surface area contributed by atoms with Gasteiger partial charge in [-0.25, -0.2) is 4.79 Å². The van der Waals surface area contributed by atoms with Crippen LogP contribution in [0.25, 0.3) is 0 Å². The first-order valence-corrected chi connectivity index (χ1v) is 8.15. The fourth-order valence-electron chi connectivity index (χ4n) is 3.11. The highest BCUT2D eigenvalue weighted by atomic mass is 16.4. The SMILES string of the molecule is CCc1oc(C(=O)N2CCC(n3cc(C(=O)O)cn3)CC2)cc1C. The van der Waals surface area contributed by atoms with Crippen molar-refractivity contribution in [3.8, 4) is 0 Å². The molecule has 128 valence electrons. The van der Waals surface area contributed by atoms with Gasteiger partial charge < -0.3 is 14.4 Å². The molecule has 2 aromatic rings. The minimum absolute atomic E-state index is 0.0806. The second-order valence-electron chi connectivity index (χ2n) is 6.11. The van der Waals surface area contributed by atoms with Gasteiger partial charge >= 0.3 is 5.97 Å². The molecule has 1 aliphatic rings. The van der Waals surface area contributed by atoms with Crippen LogP contribution in [0.5, 0.6) is 0 Å². The normalized spacial score (nSPS) is 15.7. The summed E-state index contributed by atoms with van der Waals surface area (Å²) in [6.45, 7) is 5.16. The number of carboxylic acid groups (broad SMARTS) is 1. The van der Waals surface area contributed by atoms with Crippen LogP contribution in [0.3, 0.4) is 0 Å². The summed E-state index contributed by atoms with van der Waals surface area (Å²) in [6, 6.07) is 1.92. The number of rotatable bonds is 4. The first-order valence-electron chi connectivity index (χ1n) is 8.15. The number of aromatic carboxylic acids is 1. The summed E-state index contributed by atoms with van der Waals surface area (Å²) in [5.41, 5.74) is 1.19. The van der Waals surface area contributed by atoms with Crippen molar-refractivity contribution in [1.82, 2.24) is 14.7 Å². The highest BCUT2D eigenvalue weighted by Gasteiger charge is 2.27. The van der Waals surface area contributed by atoms with Crippen molar-refractivity contribution in [2.75, 3.05) is 13.1 Å². The number of carboxylic acids is 1. The molecule has 0 atom stereocenters. The molecule has 1 fully saturated rings. The maximum absolute atomic E-state index is 12.5. The summed E-state index contributed by atoms with van der Waals surface area (Å²) < 4.78 is 7.34. The second kappa shape index (κ2) is 6.51.